The topological polar surface area (TPSA) is 44.8 Å². The predicted molar refractivity (Wildman–Crippen MR) is 132 cm³/mol. The summed E-state index contributed by atoms with van der Waals surface area (Å²) in [5, 5.41) is 0. The first-order chi connectivity index (χ1) is 14.8. The Balaban J connectivity index is 3.24. The van der Waals surface area contributed by atoms with Crippen LogP contribution in [-0.2, 0) is 19.0 Å². The second kappa shape index (κ2) is 21.2. The third-order valence-electron chi connectivity index (χ3n) is 5.52. The lowest BCUT2D eigenvalue weighted by atomic mass is 9.84. The molecule has 0 bridgehead atoms. The third kappa shape index (κ3) is 25.5. The van der Waals surface area contributed by atoms with Gasteiger partial charge in [-0.2, -0.15) is 0 Å². The number of rotatable bonds is 22. The second-order valence-corrected chi connectivity index (χ2v) is 10.4. The monoisotopic (exact) mass is 442 g/mol. The smallest absolute Gasteiger partial charge is 0.305 e. The van der Waals surface area contributed by atoms with E-state index >= 15 is 0 Å². The molecule has 0 amide bonds. The van der Waals surface area contributed by atoms with Crippen LogP contribution in [0.5, 0.6) is 0 Å². The van der Waals surface area contributed by atoms with Crippen molar-refractivity contribution in [3.8, 4) is 0 Å². The lowest BCUT2D eigenvalue weighted by molar-refractivity contribution is -0.144. The third-order valence-corrected chi connectivity index (χ3v) is 5.52. The van der Waals surface area contributed by atoms with Gasteiger partial charge in [0.2, 0.25) is 0 Å². The predicted octanol–water partition coefficient (Wildman–Crippen LogP) is 7.73. The number of hydrogen-bond donors (Lipinski definition) is 0. The van der Waals surface area contributed by atoms with Crippen LogP contribution in [0.1, 0.15) is 125 Å². The molecule has 0 aromatic rings. The molecule has 0 heterocycles. The molecule has 0 N–H and O–H groups in total. The van der Waals surface area contributed by atoms with Gasteiger partial charge >= 0.3 is 5.97 Å². The van der Waals surface area contributed by atoms with Crippen LogP contribution in [0, 0.1) is 11.3 Å². The van der Waals surface area contributed by atoms with Gasteiger partial charge in [0, 0.05) is 19.6 Å². The van der Waals surface area contributed by atoms with Crippen molar-refractivity contribution in [2.75, 3.05) is 33.0 Å². The van der Waals surface area contributed by atoms with Gasteiger partial charge < -0.3 is 14.2 Å². The molecule has 0 spiro atoms. The van der Waals surface area contributed by atoms with Crippen molar-refractivity contribution in [3.05, 3.63) is 0 Å². The fourth-order valence-electron chi connectivity index (χ4n) is 3.93. The van der Waals surface area contributed by atoms with Gasteiger partial charge in [-0.1, -0.05) is 92.4 Å². The summed E-state index contributed by atoms with van der Waals surface area (Å²) in [5.74, 6) is 0.472. The van der Waals surface area contributed by atoms with Crippen LogP contribution in [0.25, 0.3) is 0 Å². The quantitative estimate of drug-likeness (QED) is 0.127. The molecule has 31 heavy (non-hydrogen) atoms. The Morgan fingerprint density at radius 2 is 1.23 bits per heavy atom. The van der Waals surface area contributed by atoms with Gasteiger partial charge in [-0.3, -0.25) is 4.79 Å². The van der Waals surface area contributed by atoms with Crippen LogP contribution in [-0.4, -0.2) is 39.0 Å². The van der Waals surface area contributed by atoms with Crippen molar-refractivity contribution in [3.63, 3.8) is 0 Å². The molecule has 4 heteroatoms. The molecule has 0 aliphatic carbocycles. The molecule has 0 aromatic heterocycles. The number of carbonyl (C=O) groups is 1. The van der Waals surface area contributed by atoms with E-state index < -0.39 is 0 Å². The Hall–Kier alpha value is -0.610. The first-order valence-electron chi connectivity index (χ1n) is 13.2. The number of hydrogen-bond acceptors (Lipinski definition) is 4. The highest BCUT2D eigenvalue weighted by Gasteiger charge is 2.15. The zero-order chi connectivity index (χ0) is 23.2. The highest BCUT2D eigenvalue weighted by Crippen LogP contribution is 2.25. The molecule has 0 aliphatic heterocycles. The molecule has 0 saturated heterocycles. The summed E-state index contributed by atoms with van der Waals surface area (Å²) in [6.45, 7) is 14.5. The molecular weight excluding hydrogens is 388 g/mol. The summed E-state index contributed by atoms with van der Waals surface area (Å²) in [7, 11) is 0. The molecule has 1 atom stereocenters. The van der Waals surface area contributed by atoms with E-state index in [1.54, 1.807) is 0 Å². The van der Waals surface area contributed by atoms with Crippen LogP contribution in [0.2, 0.25) is 0 Å². The molecule has 0 rings (SSSR count). The number of esters is 1. The van der Waals surface area contributed by atoms with E-state index in [0.717, 1.165) is 32.3 Å². The summed E-state index contributed by atoms with van der Waals surface area (Å²) in [6.07, 6.45) is 16.7. The van der Waals surface area contributed by atoms with E-state index in [0.29, 0.717) is 44.2 Å². The van der Waals surface area contributed by atoms with Crippen molar-refractivity contribution in [2.45, 2.75) is 125 Å². The summed E-state index contributed by atoms with van der Waals surface area (Å²) in [6, 6.07) is 0. The van der Waals surface area contributed by atoms with Crippen LogP contribution < -0.4 is 0 Å². The van der Waals surface area contributed by atoms with E-state index in [1.807, 2.05) is 0 Å². The van der Waals surface area contributed by atoms with E-state index in [2.05, 4.69) is 34.6 Å². The molecule has 0 saturated carbocycles. The maximum atomic E-state index is 11.8. The molecule has 186 valence electrons. The normalized spacial score (nSPS) is 12.8. The Bertz CT molecular complexity index is 389. The second-order valence-electron chi connectivity index (χ2n) is 10.4. The number of unbranched alkanes of at least 4 members (excludes halogenated alkanes) is 9. The average molecular weight is 443 g/mol. The van der Waals surface area contributed by atoms with Gasteiger partial charge in [0.15, 0.2) is 0 Å². The minimum absolute atomic E-state index is 0.108. The standard InChI is InChI=1S/C27H54O4/c1-6-7-8-9-10-11-12-13-14-15-19-29-22-23-30-20-16-17-26(28)31-21-18-25(2)24-27(3,4)5/h25H,6-24H2,1-5H3. The zero-order valence-corrected chi connectivity index (χ0v) is 21.6. The van der Waals surface area contributed by atoms with Crippen molar-refractivity contribution < 1.29 is 19.0 Å². The van der Waals surface area contributed by atoms with Crippen LogP contribution in [0.15, 0.2) is 0 Å². The van der Waals surface area contributed by atoms with Gasteiger partial charge in [-0.25, -0.2) is 0 Å². The number of carbonyl (C=O) groups excluding carboxylic acids is 1. The molecule has 0 aliphatic rings. The summed E-state index contributed by atoms with van der Waals surface area (Å²) in [5.41, 5.74) is 0.331. The Kier molecular flexibility index (Phi) is 20.8. The van der Waals surface area contributed by atoms with E-state index in [-0.39, 0.29) is 5.97 Å². The van der Waals surface area contributed by atoms with Gasteiger partial charge in [-0.05, 0) is 37.0 Å². The van der Waals surface area contributed by atoms with Gasteiger partial charge in [0.25, 0.3) is 0 Å². The minimum atomic E-state index is -0.108. The molecule has 1 unspecified atom stereocenters. The van der Waals surface area contributed by atoms with Gasteiger partial charge in [0.05, 0.1) is 19.8 Å². The van der Waals surface area contributed by atoms with Gasteiger partial charge in [0.1, 0.15) is 0 Å². The van der Waals surface area contributed by atoms with E-state index in [9.17, 15) is 4.79 Å². The number of ether oxygens (including phenoxy) is 3. The minimum Gasteiger partial charge on any atom is -0.466 e. The molecule has 0 radical (unpaired) electrons. The first kappa shape index (κ1) is 30.4. The van der Waals surface area contributed by atoms with Crippen molar-refractivity contribution in [1.82, 2.24) is 0 Å². The maximum absolute atomic E-state index is 11.8. The van der Waals surface area contributed by atoms with Crippen molar-refractivity contribution >= 4 is 5.97 Å². The zero-order valence-electron chi connectivity index (χ0n) is 21.6. The summed E-state index contributed by atoms with van der Waals surface area (Å²) >= 11 is 0. The average Bonchev–Trinajstić information content (AvgIpc) is 2.69. The van der Waals surface area contributed by atoms with Crippen LogP contribution in [0.4, 0.5) is 0 Å². The molecule has 4 nitrogen and oxygen atoms in total. The molecule has 0 aromatic carbocycles. The Labute approximate surface area is 194 Å². The van der Waals surface area contributed by atoms with Crippen LogP contribution >= 0.6 is 0 Å². The lowest BCUT2D eigenvalue weighted by Crippen LogP contribution is -2.14. The van der Waals surface area contributed by atoms with E-state index in [4.69, 9.17) is 14.2 Å². The van der Waals surface area contributed by atoms with E-state index in [1.165, 1.54) is 57.8 Å². The fourth-order valence-corrected chi connectivity index (χ4v) is 3.93. The highest BCUT2D eigenvalue weighted by molar-refractivity contribution is 5.69. The molecule has 0 fully saturated rings. The van der Waals surface area contributed by atoms with Crippen molar-refractivity contribution in [1.29, 1.82) is 0 Å². The largest absolute Gasteiger partial charge is 0.466 e. The van der Waals surface area contributed by atoms with Gasteiger partial charge in [-0.15, -0.1) is 0 Å². The SMILES string of the molecule is CCCCCCCCCCCCOCCOCCCC(=O)OCCC(C)CC(C)(C)C. The maximum Gasteiger partial charge on any atom is 0.305 e. The Morgan fingerprint density at radius 1 is 0.710 bits per heavy atom. The Morgan fingerprint density at radius 3 is 1.77 bits per heavy atom. The highest BCUT2D eigenvalue weighted by atomic mass is 16.5. The summed E-state index contributed by atoms with van der Waals surface area (Å²) < 4.78 is 16.5. The fraction of sp³-hybridized carbons (Fsp3) is 0.963. The first-order valence-corrected chi connectivity index (χ1v) is 13.2. The van der Waals surface area contributed by atoms with Crippen molar-refractivity contribution in [2.24, 2.45) is 11.3 Å². The molecular formula is C27H54O4. The lowest BCUT2D eigenvalue weighted by Gasteiger charge is -2.22. The summed E-state index contributed by atoms with van der Waals surface area (Å²) in [4.78, 5) is 11.8. The van der Waals surface area contributed by atoms with Crippen LogP contribution in [0.3, 0.4) is 0 Å².